The van der Waals surface area contributed by atoms with E-state index in [9.17, 15) is 0 Å². The van der Waals surface area contributed by atoms with E-state index in [0.717, 1.165) is 23.6 Å². The molecule has 2 rings (SSSR count). The zero-order valence-corrected chi connectivity index (χ0v) is 9.06. The summed E-state index contributed by atoms with van der Waals surface area (Å²) >= 11 is 0. The molecule has 0 unspecified atom stereocenters. The molecule has 0 aliphatic rings. The number of anilines is 1. The number of imidazole rings is 1. The van der Waals surface area contributed by atoms with Crippen LogP contribution in [0.5, 0.6) is 0 Å². The smallest absolute Gasteiger partial charge is 0.153 e. The highest BCUT2D eigenvalue weighted by atomic mass is 15.3. The average Bonchev–Trinajstić information content (AvgIpc) is 2.68. The summed E-state index contributed by atoms with van der Waals surface area (Å²) in [4.78, 5) is 4.40. The van der Waals surface area contributed by atoms with E-state index in [1.165, 1.54) is 0 Å². The Morgan fingerprint density at radius 3 is 3.12 bits per heavy atom. The highest BCUT2D eigenvalue weighted by molar-refractivity contribution is 5.45. The van der Waals surface area contributed by atoms with Crippen molar-refractivity contribution in [2.45, 2.75) is 6.42 Å². The lowest BCUT2D eigenvalue weighted by molar-refractivity contribution is 0.914. The first kappa shape index (κ1) is 10.6. The summed E-state index contributed by atoms with van der Waals surface area (Å²) in [5.41, 5.74) is 7.29. The van der Waals surface area contributed by atoms with Crippen molar-refractivity contribution in [1.82, 2.24) is 14.6 Å². The molecule has 84 valence electrons. The predicted molar refractivity (Wildman–Crippen MR) is 64.4 cm³/mol. The molecule has 0 spiro atoms. The van der Waals surface area contributed by atoms with Gasteiger partial charge in [-0.2, -0.15) is 0 Å². The molecule has 0 aliphatic heterocycles. The number of fused-ring (bicyclic) bond motifs is 1. The van der Waals surface area contributed by atoms with Crippen LogP contribution in [0.25, 0.3) is 5.65 Å². The molecule has 0 bridgehead atoms. The van der Waals surface area contributed by atoms with Crippen LogP contribution in [0.15, 0.2) is 31.0 Å². The topological polar surface area (TPSA) is 68.2 Å². The van der Waals surface area contributed by atoms with Crippen molar-refractivity contribution in [2.24, 2.45) is 5.73 Å². The van der Waals surface area contributed by atoms with E-state index in [1.807, 2.05) is 18.3 Å². The maximum Gasteiger partial charge on any atom is 0.153 e. The van der Waals surface area contributed by atoms with Crippen LogP contribution >= 0.6 is 0 Å². The molecule has 5 nitrogen and oxygen atoms in total. The standard InChI is InChI=1S/C11H15N5/c1-2-7-13-10-3-4-11-14-9(5-6-12)8-16(11)15-10/h2-4,8H,1,5-7,12H2,(H,13,15). The van der Waals surface area contributed by atoms with E-state index in [-0.39, 0.29) is 0 Å². The number of nitrogens with zero attached hydrogens (tertiary/aromatic N) is 3. The monoisotopic (exact) mass is 217 g/mol. The molecule has 0 saturated carbocycles. The van der Waals surface area contributed by atoms with Crippen LogP contribution in [-0.4, -0.2) is 27.7 Å². The van der Waals surface area contributed by atoms with Gasteiger partial charge in [0, 0.05) is 13.0 Å². The molecule has 0 aliphatic carbocycles. The van der Waals surface area contributed by atoms with Crippen molar-refractivity contribution in [1.29, 1.82) is 0 Å². The van der Waals surface area contributed by atoms with E-state index >= 15 is 0 Å². The lowest BCUT2D eigenvalue weighted by Crippen LogP contribution is -2.03. The Balaban J connectivity index is 2.26. The van der Waals surface area contributed by atoms with Crippen molar-refractivity contribution >= 4 is 11.5 Å². The summed E-state index contributed by atoms with van der Waals surface area (Å²) in [6, 6.07) is 3.83. The highest BCUT2D eigenvalue weighted by Gasteiger charge is 2.02. The van der Waals surface area contributed by atoms with Crippen LogP contribution in [0.1, 0.15) is 5.69 Å². The molecule has 2 aromatic heterocycles. The predicted octanol–water partition coefficient (Wildman–Crippen LogP) is 0.828. The normalized spacial score (nSPS) is 10.6. The van der Waals surface area contributed by atoms with Gasteiger partial charge in [-0.05, 0) is 18.7 Å². The summed E-state index contributed by atoms with van der Waals surface area (Å²) in [7, 11) is 0. The van der Waals surface area contributed by atoms with E-state index in [4.69, 9.17) is 5.73 Å². The molecule has 5 heteroatoms. The molecule has 0 atom stereocenters. The number of nitrogens with two attached hydrogens (primary N) is 1. The number of hydrogen-bond donors (Lipinski definition) is 2. The second-order valence-corrected chi connectivity index (χ2v) is 3.46. The van der Waals surface area contributed by atoms with Gasteiger partial charge in [-0.15, -0.1) is 11.7 Å². The van der Waals surface area contributed by atoms with Gasteiger partial charge >= 0.3 is 0 Å². The Bertz CT molecular complexity index is 488. The Hall–Kier alpha value is -1.88. The Morgan fingerprint density at radius 1 is 1.50 bits per heavy atom. The van der Waals surface area contributed by atoms with Crippen molar-refractivity contribution in [3.05, 3.63) is 36.7 Å². The molecule has 0 radical (unpaired) electrons. The van der Waals surface area contributed by atoms with Crippen molar-refractivity contribution in [2.75, 3.05) is 18.4 Å². The zero-order chi connectivity index (χ0) is 11.4. The average molecular weight is 217 g/mol. The van der Waals surface area contributed by atoms with E-state index in [0.29, 0.717) is 13.1 Å². The molecule has 2 heterocycles. The maximum atomic E-state index is 5.48. The first-order valence-corrected chi connectivity index (χ1v) is 5.23. The summed E-state index contributed by atoms with van der Waals surface area (Å²) in [5, 5.41) is 7.50. The largest absolute Gasteiger partial charge is 0.365 e. The quantitative estimate of drug-likeness (QED) is 0.728. The number of rotatable bonds is 5. The molecule has 2 aromatic rings. The molecule has 3 N–H and O–H groups in total. The van der Waals surface area contributed by atoms with Crippen LogP contribution in [0.4, 0.5) is 5.82 Å². The molecule has 0 amide bonds. The van der Waals surface area contributed by atoms with E-state index in [1.54, 1.807) is 10.6 Å². The second-order valence-electron chi connectivity index (χ2n) is 3.46. The van der Waals surface area contributed by atoms with Gasteiger partial charge in [0.1, 0.15) is 5.82 Å². The van der Waals surface area contributed by atoms with Gasteiger partial charge in [-0.1, -0.05) is 6.08 Å². The molecule has 0 aromatic carbocycles. The van der Waals surface area contributed by atoms with Gasteiger partial charge in [0.05, 0.1) is 11.9 Å². The number of aromatic nitrogens is 3. The molecule has 0 saturated heterocycles. The van der Waals surface area contributed by atoms with Crippen molar-refractivity contribution < 1.29 is 0 Å². The van der Waals surface area contributed by atoms with Gasteiger partial charge < -0.3 is 11.1 Å². The second kappa shape index (κ2) is 4.76. The minimum absolute atomic E-state index is 0.603. The SMILES string of the molecule is C=CCNc1ccc2nc(CCN)cn2n1. The molecular formula is C11H15N5. The van der Waals surface area contributed by atoms with Crippen LogP contribution in [0, 0.1) is 0 Å². The molecule has 0 fully saturated rings. The van der Waals surface area contributed by atoms with Gasteiger partial charge in [-0.25, -0.2) is 9.50 Å². The fraction of sp³-hybridized carbons (Fsp3) is 0.273. The first-order chi connectivity index (χ1) is 7.83. The van der Waals surface area contributed by atoms with Gasteiger partial charge in [-0.3, -0.25) is 0 Å². The van der Waals surface area contributed by atoms with Gasteiger partial charge in [0.2, 0.25) is 0 Å². The Morgan fingerprint density at radius 2 is 2.38 bits per heavy atom. The third-order valence-corrected chi connectivity index (χ3v) is 2.20. The minimum Gasteiger partial charge on any atom is -0.365 e. The van der Waals surface area contributed by atoms with Crippen LogP contribution < -0.4 is 11.1 Å². The Kier molecular flexibility index (Phi) is 3.16. The number of hydrogen-bond acceptors (Lipinski definition) is 4. The summed E-state index contributed by atoms with van der Waals surface area (Å²) in [6.45, 7) is 4.94. The minimum atomic E-state index is 0.603. The fourth-order valence-electron chi connectivity index (χ4n) is 1.47. The van der Waals surface area contributed by atoms with E-state index in [2.05, 4.69) is 22.0 Å². The lowest BCUT2D eigenvalue weighted by Gasteiger charge is -2.01. The highest BCUT2D eigenvalue weighted by Crippen LogP contribution is 2.07. The lowest BCUT2D eigenvalue weighted by atomic mass is 10.3. The van der Waals surface area contributed by atoms with Crippen molar-refractivity contribution in [3.63, 3.8) is 0 Å². The summed E-state index contributed by atoms with van der Waals surface area (Å²) in [6.07, 6.45) is 4.47. The third-order valence-electron chi connectivity index (χ3n) is 2.20. The molecule has 16 heavy (non-hydrogen) atoms. The third kappa shape index (κ3) is 2.20. The van der Waals surface area contributed by atoms with E-state index < -0.39 is 0 Å². The Labute approximate surface area is 94.0 Å². The van der Waals surface area contributed by atoms with Gasteiger partial charge in [0.25, 0.3) is 0 Å². The summed E-state index contributed by atoms with van der Waals surface area (Å²) < 4.78 is 1.76. The van der Waals surface area contributed by atoms with Crippen LogP contribution in [-0.2, 0) is 6.42 Å². The van der Waals surface area contributed by atoms with Crippen LogP contribution in [0.3, 0.4) is 0 Å². The maximum absolute atomic E-state index is 5.48. The zero-order valence-electron chi connectivity index (χ0n) is 9.06. The van der Waals surface area contributed by atoms with Crippen LogP contribution in [0.2, 0.25) is 0 Å². The van der Waals surface area contributed by atoms with Crippen molar-refractivity contribution in [3.8, 4) is 0 Å². The van der Waals surface area contributed by atoms with Gasteiger partial charge in [0.15, 0.2) is 5.65 Å². The molecular weight excluding hydrogens is 202 g/mol. The number of nitrogens with one attached hydrogen (secondary N) is 1. The first-order valence-electron chi connectivity index (χ1n) is 5.23. The fourth-order valence-corrected chi connectivity index (χ4v) is 1.47. The summed E-state index contributed by atoms with van der Waals surface area (Å²) in [5.74, 6) is 0.809.